The van der Waals surface area contributed by atoms with Crippen LogP contribution in [0.25, 0.3) is 0 Å². The maximum absolute atomic E-state index is 12.8. The molecule has 1 aromatic heterocycles. The highest BCUT2D eigenvalue weighted by atomic mass is 32.1. The summed E-state index contributed by atoms with van der Waals surface area (Å²) in [6, 6.07) is 9.87. The lowest BCUT2D eigenvalue weighted by atomic mass is 10.0. The van der Waals surface area contributed by atoms with Crippen LogP contribution in [0.4, 0.5) is 9.80 Å². The largest absolute Gasteiger partial charge is 0.496 e. The van der Waals surface area contributed by atoms with Crippen molar-refractivity contribution in [1.82, 2.24) is 4.90 Å². The summed E-state index contributed by atoms with van der Waals surface area (Å²) in [5, 5.41) is 22.2. The Balaban J connectivity index is 1.50. The normalized spacial score (nSPS) is 20.1. The molecule has 4 rings (SSSR count). The molecular weight excluding hydrogens is 378 g/mol. The second-order valence-corrected chi connectivity index (χ2v) is 8.06. The maximum Gasteiger partial charge on any atom is 0.407 e. The maximum atomic E-state index is 12.8. The van der Waals surface area contributed by atoms with Crippen LogP contribution in [0.2, 0.25) is 0 Å². The molecule has 0 spiro atoms. The van der Waals surface area contributed by atoms with Gasteiger partial charge in [-0.05, 0) is 36.0 Å². The minimum absolute atomic E-state index is 0.110. The lowest BCUT2D eigenvalue weighted by molar-refractivity contribution is -0.117. The van der Waals surface area contributed by atoms with Crippen LogP contribution in [0.5, 0.6) is 5.75 Å². The second-order valence-electron chi connectivity index (χ2n) is 6.95. The molecular formula is C20H19N3O4S. The van der Waals surface area contributed by atoms with Gasteiger partial charge in [0, 0.05) is 17.3 Å². The standard InChI is InChI=1S/C20H19N3O4S/c1-27-16-5-3-2-4-11(16)13-8-14(13)18(24)22-19-15(9-21)12-6-7-23(20(25)26)10-17(12)28-19/h2-5,13-14H,6-8,10H2,1H3,(H,22,24)(H,25,26). The quantitative estimate of drug-likeness (QED) is 0.823. The minimum atomic E-state index is -0.972. The zero-order valence-corrected chi connectivity index (χ0v) is 16.1. The van der Waals surface area contributed by atoms with Gasteiger partial charge in [-0.3, -0.25) is 4.79 Å². The van der Waals surface area contributed by atoms with Crippen molar-refractivity contribution in [2.24, 2.45) is 5.92 Å². The number of rotatable bonds is 4. The Morgan fingerprint density at radius 3 is 2.89 bits per heavy atom. The van der Waals surface area contributed by atoms with Gasteiger partial charge in [0.05, 0.1) is 19.2 Å². The number of carbonyl (C=O) groups is 2. The summed E-state index contributed by atoms with van der Waals surface area (Å²) in [6.07, 6.45) is 0.261. The molecule has 0 bridgehead atoms. The number of fused-ring (bicyclic) bond motifs is 1. The number of carbonyl (C=O) groups excluding carboxylic acids is 1. The molecule has 1 aliphatic heterocycles. The summed E-state index contributed by atoms with van der Waals surface area (Å²) in [6.45, 7) is 0.618. The van der Waals surface area contributed by atoms with Crippen molar-refractivity contribution in [2.45, 2.75) is 25.3 Å². The molecule has 1 fully saturated rings. The Morgan fingerprint density at radius 1 is 1.39 bits per heavy atom. The third kappa shape index (κ3) is 3.18. The molecule has 2 unspecified atom stereocenters. The van der Waals surface area contributed by atoms with E-state index in [0.717, 1.165) is 28.2 Å². The average molecular weight is 397 g/mol. The van der Waals surface area contributed by atoms with Gasteiger partial charge in [0.2, 0.25) is 5.91 Å². The van der Waals surface area contributed by atoms with E-state index in [1.807, 2.05) is 24.3 Å². The van der Waals surface area contributed by atoms with Crippen LogP contribution in [0.3, 0.4) is 0 Å². The molecule has 8 heteroatoms. The van der Waals surface area contributed by atoms with E-state index in [9.17, 15) is 20.0 Å². The zero-order chi connectivity index (χ0) is 19.8. The number of methoxy groups -OCH3 is 1. The highest BCUT2D eigenvalue weighted by molar-refractivity contribution is 7.16. The number of nitriles is 1. The van der Waals surface area contributed by atoms with Crippen molar-refractivity contribution in [3.05, 3.63) is 45.8 Å². The number of hydrogen-bond acceptors (Lipinski definition) is 5. The molecule has 2 atom stereocenters. The second kappa shape index (κ2) is 7.17. The molecule has 0 saturated heterocycles. The van der Waals surface area contributed by atoms with Gasteiger partial charge in [-0.25, -0.2) is 4.79 Å². The molecule has 2 aliphatic rings. The van der Waals surface area contributed by atoms with Gasteiger partial charge in [0.1, 0.15) is 16.8 Å². The number of para-hydroxylation sites is 1. The van der Waals surface area contributed by atoms with E-state index in [4.69, 9.17) is 4.74 Å². The van der Waals surface area contributed by atoms with Crippen LogP contribution >= 0.6 is 11.3 Å². The van der Waals surface area contributed by atoms with Crippen LogP contribution in [0, 0.1) is 17.2 Å². The van der Waals surface area contributed by atoms with Crippen LogP contribution in [-0.2, 0) is 17.8 Å². The van der Waals surface area contributed by atoms with Gasteiger partial charge < -0.3 is 20.1 Å². The van der Waals surface area contributed by atoms with E-state index in [1.54, 1.807) is 7.11 Å². The van der Waals surface area contributed by atoms with Crippen molar-refractivity contribution in [1.29, 1.82) is 5.26 Å². The van der Waals surface area contributed by atoms with Gasteiger partial charge in [-0.15, -0.1) is 11.3 Å². The van der Waals surface area contributed by atoms with E-state index in [1.165, 1.54) is 16.2 Å². The van der Waals surface area contributed by atoms with E-state index in [2.05, 4.69) is 11.4 Å². The highest BCUT2D eigenvalue weighted by Crippen LogP contribution is 2.51. The lowest BCUT2D eigenvalue weighted by Crippen LogP contribution is -2.34. The average Bonchev–Trinajstić information content (AvgIpc) is 3.43. The first kappa shape index (κ1) is 18.3. The van der Waals surface area contributed by atoms with Gasteiger partial charge in [-0.1, -0.05) is 18.2 Å². The number of carboxylic acid groups (broad SMARTS) is 1. The number of hydrogen-bond donors (Lipinski definition) is 2. The lowest BCUT2D eigenvalue weighted by Gasteiger charge is -2.23. The first-order chi connectivity index (χ1) is 13.5. The summed E-state index contributed by atoms with van der Waals surface area (Å²) in [4.78, 5) is 26.1. The van der Waals surface area contributed by atoms with Crippen molar-refractivity contribution in [3.63, 3.8) is 0 Å². The fourth-order valence-electron chi connectivity index (χ4n) is 3.78. The Morgan fingerprint density at radius 2 is 2.18 bits per heavy atom. The fourth-order valence-corrected chi connectivity index (χ4v) is 5.00. The molecule has 1 saturated carbocycles. The summed E-state index contributed by atoms with van der Waals surface area (Å²) in [5.41, 5.74) is 2.35. The number of nitrogens with one attached hydrogen (secondary N) is 1. The number of benzene rings is 1. The molecule has 7 nitrogen and oxygen atoms in total. The van der Waals surface area contributed by atoms with Crippen LogP contribution in [-0.4, -0.2) is 35.7 Å². The Hall–Kier alpha value is -3.05. The fraction of sp³-hybridized carbons (Fsp3) is 0.350. The first-order valence-corrected chi connectivity index (χ1v) is 9.81. The highest BCUT2D eigenvalue weighted by Gasteiger charge is 2.45. The van der Waals surface area contributed by atoms with Crippen LogP contribution < -0.4 is 10.1 Å². The van der Waals surface area contributed by atoms with Crippen molar-refractivity contribution < 1.29 is 19.4 Å². The summed E-state index contributed by atoms with van der Waals surface area (Å²) in [5.74, 6) is 0.623. The monoisotopic (exact) mass is 397 g/mol. The smallest absolute Gasteiger partial charge is 0.407 e. The summed E-state index contributed by atoms with van der Waals surface area (Å²) < 4.78 is 5.39. The SMILES string of the molecule is COc1ccccc1C1CC1C(=O)Nc1sc2c(c1C#N)CCN(C(=O)O)C2. The van der Waals surface area contributed by atoms with Crippen molar-refractivity contribution in [2.75, 3.05) is 19.0 Å². The molecule has 1 aromatic carbocycles. The molecule has 144 valence electrons. The Kier molecular flexibility index (Phi) is 4.69. The summed E-state index contributed by atoms with van der Waals surface area (Å²) >= 11 is 1.30. The number of thiophene rings is 1. The molecule has 1 aliphatic carbocycles. The summed E-state index contributed by atoms with van der Waals surface area (Å²) in [7, 11) is 1.62. The van der Waals surface area contributed by atoms with E-state index < -0.39 is 6.09 Å². The topological polar surface area (TPSA) is 103 Å². The zero-order valence-electron chi connectivity index (χ0n) is 15.3. The third-order valence-electron chi connectivity index (χ3n) is 5.34. The third-order valence-corrected chi connectivity index (χ3v) is 6.47. The van der Waals surface area contributed by atoms with E-state index >= 15 is 0 Å². The van der Waals surface area contributed by atoms with Crippen molar-refractivity contribution in [3.8, 4) is 11.8 Å². The minimum Gasteiger partial charge on any atom is -0.496 e. The molecule has 0 radical (unpaired) electrons. The van der Waals surface area contributed by atoms with Crippen LogP contribution in [0.1, 0.15) is 33.9 Å². The number of ether oxygens (including phenoxy) is 1. The van der Waals surface area contributed by atoms with Gasteiger partial charge in [-0.2, -0.15) is 5.26 Å². The first-order valence-electron chi connectivity index (χ1n) is 8.99. The number of nitrogens with zero attached hydrogens (tertiary/aromatic N) is 2. The Bertz CT molecular complexity index is 994. The molecule has 2 N–H and O–H groups in total. The molecule has 2 heterocycles. The van der Waals surface area contributed by atoms with Gasteiger partial charge in [0.25, 0.3) is 0 Å². The van der Waals surface area contributed by atoms with Gasteiger partial charge in [0.15, 0.2) is 0 Å². The van der Waals surface area contributed by atoms with Gasteiger partial charge >= 0.3 is 6.09 Å². The predicted octanol–water partition coefficient (Wildman–Crippen LogP) is 3.41. The van der Waals surface area contributed by atoms with E-state index in [0.29, 0.717) is 23.5 Å². The molecule has 2 amide bonds. The Labute approximate surface area is 166 Å². The number of anilines is 1. The predicted molar refractivity (Wildman–Crippen MR) is 104 cm³/mol. The van der Waals surface area contributed by atoms with Crippen LogP contribution in [0.15, 0.2) is 24.3 Å². The van der Waals surface area contributed by atoms with Crippen molar-refractivity contribution >= 4 is 28.3 Å². The number of amides is 2. The molecule has 28 heavy (non-hydrogen) atoms. The molecule has 2 aromatic rings. The van der Waals surface area contributed by atoms with E-state index in [-0.39, 0.29) is 24.3 Å².